The molecule has 0 bridgehead atoms. The van der Waals surface area contributed by atoms with E-state index < -0.39 is 0 Å². The molecule has 0 fully saturated rings. The van der Waals surface area contributed by atoms with E-state index in [4.69, 9.17) is 0 Å². The average molecular weight is 359 g/mol. The highest BCUT2D eigenvalue weighted by Gasteiger charge is 2.11. The molecule has 0 saturated heterocycles. The number of aryl methyl sites for hydroxylation is 2. The summed E-state index contributed by atoms with van der Waals surface area (Å²) < 4.78 is 3.69. The van der Waals surface area contributed by atoms with Crippen LogP contribution < -0.4 is 10.9 Å². The number of amides is 1. The Hall–Kier alpha value is -3.34. The highest BCUT2D eigenvalue weighted by atomic mass is 16.1. The first kappa shape index (κ1) is 17.1. The molecule has 0 unspecified atom stereocenters. The van der Waals surface area contributed by atoms with Crippen molar-refractivity contribution in [3.63, 3.8) is 0 Å². The Morgan fingerprint density at radius 1 is 0.926 bits per heavy atom. The number of carbonyl (C=O) groups excluding carboxylic acids is 1. The summed E-state index contributed by atoms with van der Waals surface area (Å²) in [5, 5.41) is 2.94. The van der Waals surface area contributed by atoms with Gasteiger partial charge in [-0.25, -0.2) is 0 Å². The third-order valence-corrected chi connectivity index (χ3v) is 4.85. The van der Waals surface area contributed by atoms with Crippen molar-refractivity contribution >= 4 is 28.1 Å². The van der Waals surface area contributed by atoms with Crippen LogP contribution in [0.2, 0.25) is 0 Å². The molecule has 0 radical (unpaired) electrons. The van der Waals surface area contributed by atoms with Gasteiger partial charge in [0, 0.05) is 24.8 Å². The van der Waals surface area contributed by atoms with Gasteiger partial charge in [-0.1, -0.05) is 30.3 Å². The zero-order chi connectivity index (χ0) is 18.8. The van der Waals surface area contributed by atoms with Gasteiger partial charge in [0.2, 0.25) is 5.91 Å². The second-order valence-electron chi connectivity index (χ2n) is 6.68. The number of anilines is 1. The summed E-state index contributed by atoms with van der Waals surface area (Å²) in [6.45, 7) is 2.47. The van der Waals surface area contributed by atoms with Crippen molar-refractivity contribution in [3.05, 3.63) is 82.8 Å². The number of benzene rings is 2. The van der Waals surface area contributed by atoms with Crippen LogP contribution in [0.15, 0.2) is 71.7 Å². The molecule has 4 aromatic rings. The number of nitrogens with one attached hydrogen (secondary N) is 1. The standard InChI is InChI=1S/C22H21N3O2/c1-16-8-2-3-9-17(16)23-21(26)13-7-15-25-19-11-5-4-10-18(19)24-14-6-12-20(24)22(25)27/h2-6,8-12,14H,7,13,15H2,1H3,(H,23,26). The number of carbonyl (C=O) groups is 1. The molecule has 5 nitrogen and oxygen atoms in total. The van der Waals surface area contributed by atoms with Gasteiger partial charge in [0.1, 0.15) is 5.52 Å². The molecular formula is C22H21N3O2. The van der Waals surface area contributed by atoms with E-state index in [1.54, 1.807) is 4.57 Å². The summed E-state index contributed by atoms with van der Waals surface area (Å²) in [5.41, 5.74) is 4.36. The van der Waals surface area contributed by atoms with Gasteiger partial charge in [0.15, 0.2) is 0 Å². The van der Waals surface area contributed by atoms with E-state index in [2.05, 4.69) is 5.32 Å². The molecule has 1 amide bonds. The van der Waals surface area contributed by atoms with Crippen LogP contribution in [0, 0.1) is 6.92 Å². The minimum absolute atomic E-state index is 0.0296. The molecule has 5 heteroatoms. The van der Waals surface area contributed by atoms with Gasteiger partial charge in [-0.15, -0.1) is 0 Å². The lowest BCUT2D eigenvalue weighted by atomic mass is 10.2. The van der Waals surface area contributed by atoms with Gasteiger partial charge in [0.25, 0.3) is 5.56 Å². The van der Waals surface area contributed by atoms with Crippen LogP contribution in [0.5, 0.6) is 0 Å². The molecule has 0 aliphatic heterocycles. The minimum atomic E-state index is -0.0366. The predicted molar refractivity (Wildman–Crippen MR) is 108 cm³/mol. The summed E-state index contributed by atoms with van der Waals surface area (Å²) in [4.78, 5) is 25.1. The Bertz CT molecular complexity index is 1190. The number of nitrogens with zero attached hydrogens (tertiary/aromatic N) is 2. The smallest absolute Gasteiger partial charge is 0.275 e. The minimum Gasteiger partial charge on any atom is -0.326 e. The van der Waals surface area contributed by atoms with Crippen LogP contribution in [0.25, 0.3) is 16.6 Å². The lowest BCUT2D eigenvalue weighted by molar-refractivity contribution is -0.116. The largest absolute Gasteiger partial charge is 0.326 e. The Morgan fingerprint density at radius 3 is 2.44 bits per heavy atom. The van der Waals surface area contributed by atoms with Gasteiger partial charge in [-0.2, -0.15) is 0 Å². The fraction of sp³-hybridized carbons (Fsp3) is 0.182. The van der Waals surface area contributed by atoms with Crippen molar-refractivity contribution in [2.45, 2.75) is 26.3 Å². The van der Waals surface area contributed by atoms with Gasteiger partial charge in [-0.3, -0.25) is 9.59 Å². The maximum absolute atomic E-state index is 12.9. The quantitative estimate of drug-likeness (QED) is 0.586. The Morgan fingerprint density at radius 2 is 1.63 bits per heavy atom. The molecular weight excluding hydrogens is 338 g/mol. The van der Waals surface area contributed by atoms with Crippen molar-refractivity contribution in [2.75, 3.05) is 5.32 Å². The van der Waals surface area contributed by atoms with E-state index in [1.807, 2.05) is 78.2 Å². The summed E-state index contributed by atoms with van der Waals surface area (Å²) in [7, 11) is 0. The van der Waals surface area contributed by atoms with Crippen molar-refractivity contribution < 1.29 is 4.79 Å². The lowest BCUT2D eigenvalue weighted by Gasteiger charge is -2.13. The number of aromatic nitrogens is 2. The molecule has 2 heterocycles. The first-order valence-electron chi connectivity index (χ1n) is 9.09. The number of fused-ring (bicyclic) bond motifs is 3. The Balaban J connectivity index is 1.53. The molecule has 27 heavy (non-hydrogen) atoms. The summed E-state index contributed by atoms with van der Waals surface area (Å²) >= 11 is 0. The fourth-order valence-electron chi connectivity index (χ4n) is 3.45. The van der Waals surface area contributed by atoms with Crippen LogP contribution >= 0.6 is 0 Å². The van der Waals surface area contributed by atoms with Crippen LogP contribution in [-0.2, 0) is 11.3 Å². The van der Waals surface area contributed by atoms with E-state index in [0.717, 1.165) is 22.3 Å². The topological polar surface area (TPSA) is 55.5 Å². The maximum atomic E-state index is 12.9. The van der Waals surface area contributed by atoms with E-state index in [-0.39, 0.29) is 11.5 Å². The predicted octanol–water partition coefficient (Wildman–Crippen LogP) is 3.98. The second-order valence-corrected chi connectivity index (χ2v) is 6.68. The molecule has 2 aromatic carbocycles. The normalized spacial score (nSPS) is 11.1. The van der Waals surface area contributed by atoms with E-state index in [1.165, 1.54) is 0 Å². The van der Waals surface area contributed by atoms with E-state index >= 15 is 0 Å². The molecule has 0 aliphatic carbocycles. The van der Waals surface area contributed by atoms with Crippen molar-refractivity contribution in [2.24, 2.45) is 0 Å². The molecule has 0 spiro atoms. The van der Waals surface area contributed by atoms with Crippen molar-refractivity contribution in [1.82, 2.24) is 8.97 Å². The average Bonchev–Trinajstić information content (AvgIpc) is 3.17. The Kier molecular flexibility index (Phi) is 4.50. The summed E-state index contributed by atoms with van der Waals surface area (Å²) in [6.07, 6.45) is 2.86. The zero-order valence-electron chi connectivity index (χ0n) is 15.2. The Labute approximate surface area is 156 Å². The van der Waals surface area contributed by atoms with Crippen LogP contribution in [-0.4, -0.2) is 14.9 Å². The maximum Gasteiger partial charge on any atom is 0.275 e. The molecule has 136 valence electrons. The summed E-state index contributed by atoms with van der Waals surface area (Å²) in [5.74, 6) is -0.0366. The second kappa shape index (κ2) is 7.11. The molecule has 4 rings (SSSR count). The monoisotopic (exact) mass is 359 g/mol. The van der Waals surface area contributed by atoms with Gasteiger partial charge in [0.05, 0.1) is 11.0 Å². The van der Waals surface area contributed by atoms with E-state index in [0.29, 0.717) is 24.9 Å². The molecule has 0 atom stereocenters. The number of hydrogen-bond donors (Lipinski definition) is 1. The van der Waals surface area contributed by atoms with Gasteiger partial charge >= 0.3 is 0 Å². The lowest BCUT2D eigenvalue weighted by Crippen LogP contribution is -2.23. The molecule has 2 aromatic heterocycles. The van der Waals surface area contributed by atoms with Gasteiger partial charge in [-0.05, 0) is 49.2 Å². The van der Waals surface area contributed by atoms with Gasteiger partial charge < -0.3 is 14.3 Å². The summed E-state index contributed by atoms with van der Waals surface area (Å²) in [6, 6.07) is 19.3. The highest BCUT2D eigenvalue weighted by molar-refractivity contribution is 5.91. The molecule has 1 N–H and O–H groups in total. The third kappa shape index (κ3) is 3.24. The van der Waals surface area contributed by atoms with Crippen molar-refractivity contribution in [3.8, 4) is 0 Å². The SMILES string of the molecule is Cc1ccccc1NC(=O)CCCn1c(=O)c2cccn2c2ccccc21. The zero-order valence-corrected chi connectivity index (χ0v) is 15.2. The van der Waals surface area contributed by atoms with E-state index in [9.17, 15) is 9.59 Å². The van der Waals surface area contributed by atoms with Crippen LogP contribution in [0.4, 0.5) is 5.69 Å². The number of para-hydroxylation sites is 3. The molecule has 0 saturated carbocycles. The van der Waals surface area contributed by atoms with Crippen molar-refractivity contribution in [1.29, 1.82) is 0 Å². The highest BCUT2D eigenvalue weighted by Crippen LogP contribution is 2.16. The number of rotatable bonds is 5. The first-order valence-corrected chi connectivity index (χ1v) is 9.09. The molecule has 0 aliphatic rings. The first-order chi connectivity index (χ1) is 13.1. The fourth-order valence-corrected chi connectivity index (χ4v) is 3.45. The third-order valence-electron chi connectivity index (χ3n) is 4.85. The van der Waals surface area contributed by atoms with Crippen LogP contribution in [0.1, 0.15) is 18.4 Å². The number of hydrogen-bond acceptors (Lipinski definition) is 2. The van der Waals surface area contributed by atoms with Crippen LogP contribution in [0.3, 0.4) is 0 Å².